The average molecular weight is 447 g/mol. The quantitative estimate of drug-likeness (QED) is 0.592. The van der Waals surface area contributed by atoms with E-state index in [1.54, 1.807) is 13.3 Å². The molecule has 0 bridgehead atoms. The van der Waals surface area contributed by atoms with E-state index in [9.17, 15) is 4.79 Å². The van der Waals surface area contributed by atoms with Gasteiger partial charge in [-0.25, -0.2) is 0 Å². The Labute approximate surface area is 196 Å². The number of nitrogens with one attached hydrogen (secondary N) is 1. The fraction of sp³-hybridized carbons (Fsp3) is 0.444. The predicted molar refractivity (Wildman–Crippen MR) is 131 cm³/mol. The summed E-state index contributed by atoms with van der Waals surface area (Å²) in [6, 6.07) is 16.0. The third-order valence-corrected chi connectivity index (χ3v) is 6.33. The third kappa shape index (κ3) is 5.69. The highest BCUT2D eigenvalue weighted by atomic mass is 16.5. The van der Waals surface area contributed by atoms with Crippen LogP contribution in [0.15, 0.2) is 54.7 Å². The molecule has 1 N–H and O–H groups in total. The van der Waals surface area contributed by atoms with Gasteiger partial charge in [-0.1, -0.05) is 32.9 Å². The highest BCUT2D eigenvalue weighted by Crippen LogP contribution is 2.31. The topological polar surface area (TPSA) is 67.3 Å². The number of piperidine rings is 1. The summed E-state index contributed by atoms with van der Waals surface area (Å²) in [5.74, 6) is 1.19. The molecule has 0 spiro atoms. The molecule has 4 rings (SSSR count). The van der Waals surface area contributed by atoms with Gasteiger partial charge in [0.2, 0.25) is 5.91 Å². The molecule has 1 amide bonds. The molecule has 1 aromatic carbocycles. The van der Waals surface area contributed by atoms with E-state index in [4.69, 9.17) is 9.72 Å². The third-order valence-electron chi connectivity index (χ3n) is 6.33. The van der Waals surface area contributed by atoms with Gasteiger partial charge in [-0.15, -0.1) is 0 Å². The Morgan fingerprint density at radius 2 is 2.06 bits per heavy atom. The molecule has 1 aliphatic heterocycles. The Hall–Kier alpha value is -2.99. The predicted octanol–water partition coefficient (Wildman–Crippen LogP) is 4.75. The molecule has 0 saturated carbocycles. The first-order valence-electron chi connectivity index (χ1n) is 11.7. The summed E-state index contributed by atoms with van der Waals surface area (Å²) < 4.78 is 5.32. The zero-order valence-electron chi connectivity index (χ0n) is 20.0. The number of carbonyl (C=O) groups excluding carboxylic acids is 1. The smallest absolute Gasteiger partial charge is 0.225 e. The lowest BCUT2D eigenvalue weighted by atomic mass is 9.86. The number of hydrogen-bond acceptors (Lipinski definition) is 5. The van der Waals surface area contributed by atoms with E-state index in [1.165, 1.54) is 0 Å². The SMILES string of the molecule is COc1ccc2nc(CN3CCC[C@H]([C@@H](NC(=O)C(C)(C)C)c4ccccn4)C3)ccc2c1. The number of likely N-dealkylation sites (tertiary alicyclic amines) is 1. The van der Waals surface area contributed by atoms with Crippen LogP contribution < -0.4 is 10.1 Å². The Morgan fingerprint density at radius 3 is 2.79 bits per heavy atom. The molecular formula is C27H34N4O2. The van der Waals surface area contributed by atoms with Gasteiger partial charge >= 0.3 is 0 Å². The van der Waals surface area contributed by atoms with Gasteiger partial charge in [0.1, 0.15) is 5.75 Å². The van der Waals surface area contributed by atoms with Gasteiger partial charge in [0.25, 0.3) is 0 Å². The summed E-state index contributed by atoms with van der Waals surface area (Å²) >= 11 is 0. The van der Waals surface area contributed by atoms with Crippen LogP contribution in [0.1, 0.15) is 51.0 Å². The fourth-order valence-electron chi connectivity index (χ4n) is 4.45. The van der Waals surface area contributed by atoms with Crippen molar-refractivity contribution < 1.29 is 9.53 Å². The monoisotopic (exact) mass is 446 g/mol. The number of carbonyl (C=O) groups is 1. The number of benzene rings is 1. The summed E-state index contributed by atoms with van der Waals surface area (Å²) in [6.45, 7) is 8.57. The Morgan fingerprint density at radius 1 is 1.21 bits per heavy atom. The summed E-state index contributed by atoms with van der Waals surface area (Å²) in [7, 11) is 1.68. The molecular weight excluding hydrogens is 412 g/mol. The number of hydrogen-bond donors (Lipinski definition) is 1. The van der Waals surface area contributed by atoms with Gasteiger partial charge in [0, 0.05) is 30.1 Å². The van der Waals surface area contributed by atoms with Crippen molar-refractivity contribution >= 4 is 16.8 Å². The van der Waals surface area contributed by atoms with Crippen LogP contribution in [0.5, 0.6) is 5.75 Å². The van der Waals surface area contributed by atoms with E-state index in [-0.39, 0.29) is 11.9 Å². The standard InChI is InChI=1S/C27H34N4O2/c1-27(2,3)26(32)30-25(24-9-5-6-14-28-24)20-8-7-15-31(17-20)18-21-11-10-19-16-22(33-4)12-13-23(19)29-21/h5-6,9-14,16,20,25H,7-8,15,17-18H2,1-4H3,(H,30,32)/t20-,25+/m0/s1. The van der Waals surface area contributed by atoms with Crippen molar-refractivity contribution in [2.75, 3.05) is 20.2 Å². The van der Waals surface area contributed by atoms with Crippen molar-refractivity contribution in [2.24, 2.45) is 11.3 Å². The summed E-state index contributed by atoms with van der Waals surface area (Å²) in [5, 5.41) is 4.39. The van der Waals surface area contributed by atoms with Crippen LogP contribution in [0, 0.1) is 11.3 Å². The van der Waals surface area contributed by atoms with Crippen LogP contribution in [0.2, 0.25) is 0 Å². The summed E-state index contributed by atoms with van der Waals surface area (Å²) in [6.07, 6.45) is 3.96. The highest BCUT2D eigenvalue weighted by Gasteiger charge is 2.33. The van der Waals surface area contributed by atoms with Crippen molar-refractivity contribution in [1.29, 1.82) is 0 Å². The molecule has 6 heteroatoms. The van der Waals surface area contributed by atoms with Crippen molar-refractivity contribution in [1.82, 2.24) is 20.2 Å². The number of fused-ring (bicyclic) bond motifs is 1. The molecule has 1 saturated heterocycles. The largest absolute Gasteiger partial charge is 0.497 e. The normalized spacial score (nSPS) is 18.1. The molecule has 174 valence electrons. The van der Waals surface area contributed by atoms with Gasteiger partial charge in [0.15, 0.2) is 0 Å². The van der Waals surface area contributed by atoms with Crippen LogP contribution in [-0.2, 0) is 11.3 Å². The lowest BCUT2D eigenvalue weighted by Gasteiger charge is -2.37. The van der Waals surface area contributed by atoms with Gasteiger partial charge in [-0.2, -0.15) is 0 Å². The number of aromatic nitrogens is 2. The zero-order chi connectivity index (χ0) is 23.4. The Kier molecular flexibility index (Phi) is 6.94. The molecule has 3 heterocycles. The van der Waals surface area contributed by atoms with Crippen LogP contribution in [0.3, 0.4) is 0 Å². The number of methoxy groups -OCH3 is 1. The molecule has 1 aliphatic rings. The second-order valence-electron chi connectivity index (χ2n) is 9.95. The van der Waals surface area contributed by atoms with Crippen LogP contribution >= 0.6 is 0 Å². The van der Waals surface area contributed by atoms with Crippen LogP contribution in [0.4, 0.5) is 0 Å². The molecule has 0 aliphatic carbocycles. The lowest BCUT2D eigenvalue weighted by Crippen LogP contribution is -2.45. The Bertz CT molecular complexity index is 1090. The molecule has 2 aromatic heterocycles. The van der Waals surface area contributed by atoms with E-state index in [0.717, 1.165) is 60.5 Å². The molecule has 0 radical (unpaired) electrons. The van der Waals surface area contributed by atoms with Crippen LogP contribution in [-0.4, -0.2) is 41.0 Å². The molecule has 0 unspecified atom stereocenters. The number of nitrogens with zero attached hydrogens (tertiary/aromatic N) is 3. The van der Waals surface area contributed by atoms with E-state index in [0.29, 0.717) is 5.92 Å². The van der Waals surface area contributed by atoms with Gasteiger partial charge in [0.05, 0.1) is 30.1 Å². The second-order valence-corrected chi connectivity index (χ2v) is 9.95. The number of ether oxygens (including phenoxy) is 1. The van der Waals surface area contributed by atoms with Crippen molar-refractivity contribution in [3.8, 4) is 5.75 Å². The van der Waals surface area contributed by atoms with Crippen molar-refractivity contribution in [3.05, 3.63) is 66.1 Å². The van der Waals surface area contributed by atoms with E-state index in [1.807, 2.05) is 57.2 Å². The first-order chi connectivity index (χ1) is 15.8. The fourth-order valence-corrected chi connectivity index (χ4v) is 4.45. The number of pyridine rings is 2. The van der Waals surface area contributed by atoms with E-state index >= 15 is 0 Å². The van der Waals surface area contributed by atoms with Gasteiger partial charge in [-0.3, -0.25) is 19.7 Å². The molecule has 6 nitrogen and oxygen atoms in total. The van der Waals surface area contributed by atoms with Gasteiger partial charge < -0.3 is 10.1 Å². The van der Waals surface area contributed by atoms with E-state index in [2.05, 4.69) is 27.3 Å². The average Bonchev–Trinajstić information content (AvgIpc) is 2.82. The minimum absolute atomic E-state index is 0.0573. The molecule has 2 atom stereocenters. The first-order valence-corrected chi connectivity index (χ1v) is 11.7. The van der Waals surface area contributed by atoms with E-state index < -0.39 is 5.41 Å². The summed E-state index contributed by atoms with van der Waals surface area (Å²) in [5.41, 5.74) is 2.52. The zero-order valence-corrected chi connectivity index (χ0v) is 20.0. The van der Waals surface area contributed by atoms with Gasteiger partial charge in [-0.05, 0) is 61.7 Å². The molecule has 33 heavy (non-hydrogen) atoms. The molecule has 1 fully saturated rings. The van der Waals surface area contributed by atoms with Crippen LogP contribution in [0.25, 0.3) is 10.9 Å². The van der Waals surface area contributed by atoms with Crippen molar-refractivity contribution in [2.45, 2.75) is 46.2 Å². The maximum Gasteiger partial charge on any atom is 0.225 e. The minimum Gasteiger partial charge on any atom is -0.497 e. The van der Waals surface area contributed by atoms with Crippen molar-refractivity contribution in [3.63, 3.8) is 0 Å². The highest BCUT2D eigenvalue weighted by molar-refractivity contribution is 5.82. The lowest BCUT2D eigenvalue weighted by molar-refractivity contribution is -0.130. The molecule has 3 aromatic rings. The number of rotatable bonds is 6. The number of amides is 1. The second kappa shape index (κ2) is 9.87. The summed E-state index contributed by atoms with van der Waals surface area (Å²) in [4.78, 5) is 24.8. The minimum atomic E-state index is -0.445. The Balaban J connectivity index is 1.50. The maximum absolute atomic E-state index is 12.9. The first kappa shape index (κ1) is 23.2. The maximum atomic E-state index is 12.9.